The fraction of sp³-hybridized carbons (Fsp3) is 0.538. The number of phenols is 1. The van der Waals surface area contributed by atoms with Gasteiger partial charge in [-0.2, -0.15) is 0 Å². The van der Waals surface area contributed by atoms with Crippen LogP contribution in [0.3, 0.4) is 0 Å². The summed E-state index contributed by atoms with van der Waals surface area (Å²) in [6, 6.07) is 5.02. The molecule has 0 fully saturated rings. The van der Waals surface area contributed by atoms with Gasteiger partial charge in [0.1, 0.15) is 11.5 Å². The molecule has 0 bridgehead atoms. The van der Waals surface area contributed by atoms with Gasteiger partial charge in [0.15, 0.2) is 0 Å². The quantitative estimate of drug-likeness (QED) is 0.643. The molecule has 0 heterocycles. The molecule has 5 heteroatoms. The maximum Gasteiger partial charge on any atom is 0.120 e. The van der Waals surface area contributed by atoms with E-state index < -0.39 is 0 Å². The van der Waals surface area contributed by atoms with Crippen molar-refractivity contribution in [2.45, 2.75) is 19.0 Å². The molecule has 0 radical (unpaired) electrons. The fourth-order valence-electron chi connectivity index (χ4n) is 1.60. The van der Waals surface area contributed by atoms with Crippen molar-refractivity contribution in [1.82, 2.24) is 5.32 Å². The molecule has 1 aromatic carbocycles. The maximum atomic E-state index is 9.71. The van der Waals surface area contributed by atoms with Crippen LogP contribution in [0.25, 0.3) is 0 Å². The van der Waals surface area contributed by atoms with Crippen molar-refractivity contribution in [3.8, 4) is 11.5 Å². The van der Waals surface area contributed by atoms with Gasteiger partial charge in [-0.25, -0.2) is 0 Å². The Morgan fingerprint density at radius 1 is 1.33 bits per heavy atom. The van der Waals surface area contributed by atoms with E-state index in [9.17, 15) is 10.2 Å². The molecule has 0 saturated heterocycles. The predicted octanol–water partition coefficient (Wildman–Crippen LogP) is 0.888. The normalized spacial score (nSPS) is 12.4. The second kappa shape index (κ2) is 7.92. The molecule has 0 spiro atoms. The Morgan fingerprint density at radius 3 is 2.72 bits per heavy atom. The molecule has 5 nitrogen and oxygen atoms in total. The van der Waals surface area contributed by atoms with E-state index in [0.29, 0.717) is 18.9 Å². The number of methoxy groups -OCH3 is 2. The summed E-state index contributed by atoms with van der Waals surface area (Å²) < 4.78 is 10.1. The van der Waals surface area contributed by atoms with Crippen LogP contribution in [0.2, 0.25) is 0 Å². The molecule has 1 rings (SSSR count). The topological polar surface area (TPSA) is 71.0 Å². The number of aliphatic hydroxyl groups excluding tert-OH is 1. The predicted molar refractivity (Wildman–Crippen MR) is 68.9 cm³/mol. The molecule has 1 aromatic rings. The van der Waals surface area contributed by atoms with Gasteiger partial charge in [-0.15, -0.1) is 0 Å². The number of aliphatic hydroxyl groups is 1. The van der Waals surface area contributed by atoms with Gasteiger partial charge in [0.25, 0.3) is 0 Å². The largest absolute Gasteiger partial charge is 0.508 e. The fourth-order valence-corrected chi connectivity index (χ4v) is 1.60. The summed E-state index contributed by atoms with van der Waals surface area (Å²) in [4.78, 5) is 0. The van der Waals surface area contributed by atoms with Crippen molar-refractivity contribution in [1.29, 1.82) is 0 Å². The molecule has 0 amide bonds. The van der Waals surface area contributed by atoms with Crippen LogP contribution in [0.4, 0.5) is 0 Å². The third-order valence-corrected chi connectivity index (χ3v) is 2.76. The van der Waals surface area contributed by atoms with Gasteiger partial charge in [0, 0.05) is 31.9 Å². The Labute approximate surface area is 107 Å². The zero-order valence-electron chi connectivity index (χ0n) is 10.8. The Morgan fingerprint density at radius 2 is 2.11 bits per heavy atom. The molecule has 0 aliphatic heterocycles. The van der Waals surface area contributed by atoms with Crippen molar-refractivity contribution in [3.63, 3.8) is 0 Å². The standard InChI is InChI=1S/C13H21NO4/c1-17-6-5-11(9-15)14-8-10-7-12(18-2)3-4-13(10)16/h3-4,7,11,14-16H,5-6,8-9H2,1-2H3. The van der Waals surface area contributed by atoms with E-state index >= 15 is 0 Å². The third-order valence-electron chi connectivity index (χ3n) is 2.76. The summed E-state index contributed by atoms with van der Waals surface area (Å²) in [5.74, 6) is 0.911. The van der Waals surface area contributed by atoms with Gasteiger partial charge >= 0.3 is 0 Å². The van der Waals surface area contributed by atoms with E-state index in [1.54, 1.807) is 32.4 Å². The minimum atomic E-state index is -0.0458. The highest BCUT2D eigenvalue weighted by molar-refractivity contribution is 5.39. The monoisotopic (exact) mass is 255 g/mol. The van der Waals surface area contributed by atoms with Crippen LogP contribution < -0.4 is 10.1 Å². The zero-order chi connectivity index (χ0) is 13.4. The van der Waals surface area contributed by atoms with E-state index in [2.05, 4.69) is 5.32 Å². The number of phenolic OH excluding ortho intramolecular Hbond substituents is 1. The highest BCUT2D eigenvalue weighted by Crippen LogP contribution is 2.22. The van der Waals surface area contributed by atoms with Gasteiger partial charge in [0.05, 0.1) is 13.7 Å². The molecule has 0 aliphatic rings. The van der Waals surface area contributed by atoms with Crippen molar-refractivity contribution < 1.29 is 19.7 Å². The Balaban J connectivity index is 2.55. The first-order valence-electron chi connectivity index (χ1n) is 5.90. The van der Waals surface area contributed by atoms with Crippen molar-refractivity contribution in [3.05, 3.63) is 23.8 Å². The van der Waals surface area contributed by atoms with Crippen LogP contribution in [0.5, 0.6) is 11.5 Å². The third kappa shape index (κ3) is 4.52. The highest BCUT2D eigenvalue weighted by atomic mass is 16.5. The molecule has 102 valence electrons. The number of nitrogens with one attached hydrogen (secondary N) is 1. The first kappa shape index (κ1) is 14.8. The molecule has 3 N–H and O–H groups in total. The SMILES string of the molecule is COCCC(CO)NCc1cc(OC)ccc1O. The molecule has 1 unspecified atom stereocenters. The lowest BCUT2D eigenvalue weighted by Crippen LogP contribution is -2.33. The van der Waals surface area contributed by atoms with Crippen LogP contribution in [0, 0.1) is 0 Å². The van der Waals surface area contributed by atoms with Crippen LogP contribution in [-0.4, -0.2) is 43.7 Å². The maximum absolute atomic E-state index is 9.71. The van der Waals surface area contributed by atoms with Crippen LogP contribution in [0.15, 0.2) is 18.2 Å². The highest BCUT2D eigenvalue weighted by Gasteiger charge is 2.09. The van der Waals surface area contributed by atoms with Gasteiger partial charge < -0.3 is 25.0 Å². The number of ether oxygens (including phenoxy) is 2. The lowest BCUT2D eigenvalue weighted by molar-refractivity contribution is 0.159. The molecule has 0 saturated carbocycles. The Kier molecular flexibility index (Phi) is 6.49. The first-order valence-corrected chi connectivity index (χ1v) is 5.90. The van der Waals surface area contributed by atoms with E-state index in [1.807, 2.05) is 0 Å². The van der Waals surface area contributed by atoms with Gasteiger partial charge in [-0.1, -0.05) is 0 Å². The summed E-state index contributed by atoms with van der Waals surface area (Å²) in [6.07, 6.45) is 0.720. The van der Waals surface area contributed by atoms with Gasteiger partial charge in [0.2, 0.25) is 0 Å². The summed E-state index contributed by atoms with van der Waals surface area (Å²) in [5, 5.41) is 22.1. The van der Waals surface area contributed by atoms with Crippen molar-refractivity contribution >= 4 is 0 Å². The summed E-state index contributed by atoms with van der Waals surface area (Å²) in [7, 11) is 3.21. The lowest BCUT2D eigenvalue weighted by Gasteiger charge is -2.16. The number of hydrogen-bond acceptors (Lipinski definition) is 5. The van der Waals surface area contributed by atoms with E-state index in [1.165, 1.54) is 0 Å². The summed E-state index contributed by atoms with van der Waals surface area (Å²) >= 11 is 0. The van der Waals surface area contributed by atoms with E-state index in [-0.39, 0.29) is 18.4 Å². The molecule has 18 heavy (non-hydrogen) atoms. The molecular weight excluding hydrogens is 234 g/mol. The van der Waals surface area contributed by atoms with Gasteiger partial charge in [-0.05, 0) is 24.6 Å². The zero-order valence-corrected chi connectivity index (χ0v) is 10.8. The van der Waals surface area contributed by atoms with Crippen LogP contribution in [0.1, 0.15) is 12.0 Å². The van der Waals surface area contributed by atoms with Crippen molar-refractivity contribution in [2.24, 2.45) is 0 Å². The minimum absolute atomic E-state index is 0.0358. The Bertz CT molecular complexity index is 357. The smallest absolute Gasteiger partial charge is 0.120 e. The number of rotatable bonds is 8. The van der Waals surface area contributed by atoms with E-state index in [0.717, 1.165) is 12.0 Å². The number of benzene rings is 1. The summed E-state index contributed by atoms with van der Waals surface area (Å²) in [6.45, 7) is 1.09. The Hall–Kier alpha value is -1.30. The minimum Gasteiger partial charge on any atom is -0.508 e. The first-order chi connectivity index (χ1) is 8.71. The summed E-state index contributed by atoms with van der Waals surface area (Å²) in [5.41, 5.74) is 0.741. The second-order valence-electron chi connectivity index (χ2n) is 4.04. The lowest BCUT2D eigenvalue weighted by atomic mass is 10.1. The number of hydrogen-bond donors (Lipinski definition) is 3. The molecular formula is C13H21NO4. The molecule has 1 atom stereocenters. The average molecular weight is 255 g/mol. The van der Waals surface area contributed by atoms with Crippen LogP contribution in [-0.2, 0) is 11.3 Å². The second-order valence-corrected chi connectivity index (χ2v) is 4.04. The van der Waals surface area contributed by atoms with Crippen LogP contribution >= 0.6 is 0 Å². The average Bonchev–Trinajstić information content (AvgIpc) is 2.40. The molecule has 0 aliphatic carbocycles. The molecule has 0 aromatic heterocycles. The van der Waals surface area contributed by atoms with Crippen molar-refractivity contribution in [2.75, 3.05) is 27.4 Å². The van der Waals surface area contributed by atoms with Gasteiger partial charge in [-0.3, -0.25) is 0 Å². The number of aromatic hydroxyl groups is 1. The van der Waals surface area contributed by atoms with E-state index in [4.69, 9.17) is 9.47 Å².